The summed E-state index contributed by atoms with van der Waals surface area (Å²) in [5, 5.41) is 3.62. The van der Waals surface area contributed by atoms with Gasteiger partial charge in [0.05, 0.1) is 0 Å². The van der Waals surface area contributed by atoms with Crippen molar-refractivity contribution in [3.63, 3.8) is 0 Å². The molecule has 118 valence electrons. The van der Waals surface area contributed by atoms with Crippen LogP contribution < -0.4 is 5.32 Å². The highest BCUT2D eigenvalue weighted by Gasteiger charge is 2.24. The molecular formula is C17H30N4. The van der Waals surface area contributed by atoms with Crippen molar-refractivity contribution in [1.82, 2.24) is 14.5 Å². The highest BCUT2D eigenvalue weighted by atomic mass is 15.2. The van der Waals surface area contributed by atoms with Crippen LogP contribution >= 0.6 is 0 Å². The summed E-state index contributed by atoms with van der Waals surface area (Å²) >= 11 is 0. The third-order valence-electron chi connectivity index (χ3n) is 5.23. The molecule has 0 aromatic carbocycles. The molecule has 3 rings (SSSR count). The van der Waals surface area contributed by atoms with Crippen molar-refractivity contribution in [3.05, 3.63) is 12.4 Å². The minimum atomic E-state index is 0.666. The summed E-state index contributed by atoms with van der Waals surface area (Å²) in [6.07, 6.45) is 12.2. The van der Waals surface area contributed by atoms with Gasteiger partial charge in [0.1, 0.15) is 0 Å². The van der Waals surface area contributed by atoms with Crippen LogP contribution in [0.5, 0.6) is 0 Å². The summed E-state index contributed by atoms with van der Waals surface area (Å²) in [7, 11) is 0. The van der Waals surface area contributed by atoms with Gasteiger partial charge in [0, 0.05) is 37.6 Å². The second-order valence-electron chi connectivity index (χ2n) is 7.07. The average molecular weight is 290 g/mol. The van der Waals surface area contributed by atoms with Gasteiger partial charge < -0.3 is 14.8 Å². The fraction of sp³-hybridized carbons (Fsp3) is 0.824. The Morgan fingerprint density at radius 3 is 2.76 bits per heavy atom. The van der Waals surface area contributed by atoms with Gasteiger partial charge in [-0.1, -0.05) is 19.3 Å². The lowest BCUT2D eigenvalue weighted by Gasteiger charge is -2.25. The van der Waals surface area contributed by atoms with Crippen molar-refractivity contribution in [2.24, 2.45) is 5.92 Å². The SMILES string of the molecule is CC(C)N1CCC(CNc2nccn2C2CCCCC2)C1. The van der Waals surface area contributed by atoms with Crippen LogP contribution in [0.15, 0.2) is 12.4 Å². The van der Waals surface area contributed by atoms with Crippen LogP contribution in [-0.2, 0) is 0 Å². The smallest absolute Gasteiger partial charge is 0.203 e. The van der Waals surface area contributed by atoms with Crippen LogP contribution in [0.1, 0.15) is 58.4 Å². The highest BCUT2D eigenvalue weighted by Crippen LogP contribution is 2.30. The zero-order chi connectivity index (χ0) is 14.7. The fourth-order valence-electron chi connectivity index (χ4n) is 3.84. The Morgan fingerprint density at radius 1 is 1.24 bits per heavy atom. The number of anilines is 1. The molecule has 1 N–H and O–H groups in total. The first-order valence-corrected chi connectivity index (χ1v) is 8.75. The minimum absolute atomic E-state index is 0.666. The maximum absolute atomic E-state index is 4.54. The summed E-state index contributed by atoms with van der Waals surface area (Å²) in [5.41, 5.74) is 0. The van der Waals surface area contributed by atoms with E-state index in [1.165, 1.54) is 51.6 Å². The van der Waals surface area contributed by atoms with Gasteiger partial charge in [-0.15, -0.1) is 0 Å². The van der Waals surface area contributed by atoms with E-state index in [2.05, 4.69) is 39.8 Å². The van der Waals surface area contributed by atoms with Gasteiger partial charge in [-0.2, -0.15) is 0 Å². The van der Waals surface area contributed by atoms with Crippen LogP contribution in [0.25, 0.3) is 0 Å². The van der Waals surface area contributed by atoms with Gasteiger partial charge in [-0.3, -0.25) is 0 Å². The highest BCUT2D eigenvalue weighted by molar-refractivity contribution is 5.27. The van der Waals surface area contributed by atoms with Gasteiger partial charge in [-0.25, -0.2) is 4.98 Å². The number of hydrogen-bond donors (Lipinski definition) is 1. The normalized spacial score (nSPS) is 24.8. The zero-order valence-corrected chi connectivity index (χ0v) is 13.6. The van der Waals surface area contributed by atoms with Gasteiger partial charge in [0.2, 0.25) is 5.95 Å². The first-order chi connectivity index (χ1) is 10.2. The van der Waals surface area contributed by atoms with Crippen molar-refractivity contribution < 1.29 is 0 Å². The van der Waals surface area contributed by atoms with Gasteiger partial charge in [-0.05, 0) is 45.6 Å². The molecule has 0 radical (unpaired) electrons. The maximum Gasteiger partial charge on any atom is 0.203 e. The molecule has 1 saturated heterocycles. The number of nitrogens with one attached hydrogen (secondary N) is 1. The Labute approximate surface area is 128 Å². The predicted octanol–water partition coefficient (Wildman–Crippen LogP) is 3.53. The van der Waals surface area contributed by atoms with E-state index in [1.807, 2.05) is 6.20 Å². The lowest BCUT2D eigenvalue weighted by Crippen LogP contribution is -2.29. The van der Waals surface area contributed by atoms with Crippen molar-refractivity contribution in [1.29, 1.82) is 0 Å². The van der Waals surface area contributed by atoms with Crippen LogP contribution in [0.2, 0.25) is 0 Å². The molecule has 0 amide bonds. The van der Waals surface area contributed by atoms with Crippen molar-refractivity contribution in [2.45, 2.75) is 64.5 Å². The van der Waals surface area contributed by atoms with Crippen molar-refractivity contribution in [2.75, 3.05) is 25.0 Å². The average Bonchev–Trinajstić information content (AvgIpc) is 3.15. The second-order valence-corrected chi connectivity index (χ2v) is 7.07. The lowest BCUT2D eigenvalue weighted by atomic mass is 9.95. The first kappa shape index (κ1) is 14.9. The summed E-state index contributed by atoms with van der Waals surface area (Å²) in [5.74, 6) is 1.86. The molecule has 1 atom stereocenters. The molecular weight excluding hydrogens is 260 g/mol. The monoisotopic (exact) mass is 290 g/mol. The molecule has 1 aromatic rings. The van der Waals surface area contributed by atoms with Gasteiger partial charge in [0.25, 0.3) is 0 Å². The quantitative estimate of drug-likeness (QED) is 0.900. The molecule has 4 nitrogen and oxygen atoms in total. The van der Waals surface area contributed by atoms with E-state index < -0.39 is 0 Å². The summed E-state index contributed by atoms with van der Waals surface area (Å²) in [6, 6.07) is 1.35. The largest absolute Gasteiger partial charge is 0.355 e. The topological polar surface area (TPSA) is 33.1 Å². The second kappa shape index (κ2) is 6.82. The number of hydrogen-bond acceptors (Lipinski definition) is 3. The van der Waals surface area contributed by atoms with Gasteiger partial charge in [0.15, 0.2) is 0 Å². The Kier molecular flexibility index (Phi) is 4.84. The number of rotatable bonds is 5. The van der Waals surface area contributed by atoms with E-state index in [4.69, 9.17) is 0 Å². The Balaban J connectivity index is 1.53. The zero-order valence-electron chi connectivity index (χ0n) is 13.6. The van der Waals surface area contributed by atoms with E-state index in [1.54, 1.807) is 0 Å². The Bertz CT molecular complexity index is 434. The molecule has 1 aliphatic carbocycles. The molecule has 4 heteroatoms. The fourth-order valence-corrected chi connectivity index (χ4v) is 3.84. The van der Waals surface area contributed by atoms with Crippen molar-refractivity contribution in [3.8, 4) is 0 Å². The molecule has 2 aliphatic rings. The van der Waals surface area contributed by atoms with E-state index in [9.17, 15) is 0 Å². The summed E-state index contributed by atoms with van der Waals surface area (Å²) in [4.78, 5) is 7.13. The standard InChI is InChI=1S/C17H30N4/c1-14(2)20-10-8-15(13-20)12-19-17-18-9-11-21(17)16-6-4-3-5-7-16/h9,11,14-16H,3-8,10,12-13H2,1-2H3,(H,18,19). The number of aromatic nitrogens is 2. The van der Waals surface area contributed by atoms with Crippen LogP contribution in [0.3, 0.4) is 0 Å². The molecule has 1 aromatic heterocycles. The van der Waals surface area contributed by atoms with Crippen LogP contribution in [0, 0.1) is 5.92 Å². The van der Waals surface area contributed by atoms with E-state index >= 15 is 0 Å². The molecule has 1 aliphatic heterocycles. The predicted molar refractivity (Wildman–Crippen MR) is 87.7 cm³/mol. The molecule has 2 heterocycles. The van der Waals surface area contributed by atoms with Crippen molar-refractivity contribution >= 4 is 5.95 Å². The number of nitrogens with zero attached hydrogens (tertiary/aromatic N) is 3. The molecule has 2 fully saturated rings. The van der Waals surface area contributed by atoms with E-state index in [-0.39, 0.29) is 0 Å². The van der Waals surface area contributed by atoms with Crippen LogP contribution in [0.4, 0.5) is 5.95 Å². The molecule has 1 unspecified atom stereocenters. The van der Waals surface area contributed by atoms with Gasteiger partial charge >= 0.3 is 0 Å². The number of likely N-dealkylation sites (tertiary alicyclic amines) is 1. The minimum Gasteiger partial charge on any atom is -0.355 e. The number of imidazole rings is 1. The summed E-state index contributed by atoms with van der Waals surface area (Å²) < 4.78 is 2.38. The maximum atomic E-state index is 4.54. The lowest BCUT2D eigenvalue weighted by molar-refractivity contribution is 0.266. The van der Waals surface area contributed by atoms with Crippen LogP contribution in [-0.4, -0.2) is 40.1 Å². The Hall–Kier alpha value is -1.03. The third kappa shape index (κ3) is 3.60. The molecule has 0 bridgehead atoms. The molecule has 1 saturated carbocycles. The Morgan fingerprint density at radius 2 is 2.05 bits per heavy atom. The third-order valence-corrected chi connectivity index (χ3v) is 5.23. The van der Waals surface area contributed by atoms with E-state index in [0.29, 0.717) is 12.1 Å². The first-order valence-electron chi connectivity index (χ1n) is 8.75. The molecule has 21 heavy (non-hydrogen) atoms. The van der Waals surface area contributed by atoms with E-state index in [0.717, 1.165) is 18.4 Å². The molecule has 0 spiro atoms. The summed E-state index contributed by atoms with van der Waals surface area (Å²) in [6.45, 7) is 8.14.